The van der Waals surface area contributed by atoms with Gasteiger partial charge in [0.05, 0.1) is 31.3 Å². The number of rotatable bonds is 6. The van der Waals surface area contributed by atoms with Gasteiger partial charge in [-0.2, -0.15) is 0 Å². The van der Waals surface area contributed by atoms with Gasteiger partial charge >= 0.3 is 0 Å². The molecule has 3 aromatic rings. The summed E-state index contributed by atoms with van der Waals surface area (Å²) in [6, 6.07) is 19.4. The van der Waals surface area contributed by atoms with E-state index in [4.69, 9.17) is 4.74 Å². The van der Waals surface area contributed by atoms with E-state index in [1.165, 1.54) is 24.1 Å². The second-order valence-electron chi connectivity index (χ2n) is 7.20. The molecule has 30 heavy (non-hydrogen) atoms. The maximum Gasteiger partial charge on any atom is 0.264 e. The lowest BCUT2D eigenvalue weighted by molar-refractivity contribution is -0.136. The molecule has 0 saturated heterocycles. The summed E-state index contributed by atoms with van der Waals surface area (Å²) in [4.78, 5) is 27.7. The first-order valence-electron chi connectivity index (χ1n) is 9.48. The van der Waals surface area contributed by atoms with Crippen molar-refractivity contribution in [1.29, 1.82) is 0 Å². The first-order valence-corrected chi connectivity index (χ1v) is 9.48. The van der Waals surface area contributed by atoms with Gasteiger partial charge in [-0.05, 0) is 35.9 Å². The van der Waals surface area contributed by atoms with Crippen molar-refractivity contribution in [3.8, 4) is 5.75 Å². The Morgan fingerprint density at radius 1 is 1.03 bits per heavy atom. The highest BCUT2D eigenvalue weighted by atomic mass is 19.1. The maximum atomic E-state index is 13.3. The maximum absolute atomic E-state index is 13.3. The fraction of sp³-hybridized carbons (Fsp3) is 0.167. The molecule has 5 nitrogen and oxygen atoms in total. The second-order valence-corrected chi connectivity index (χ2v) is 7.20. The number of para-hydroxylation sites is 2. The summed E-state index contributed by atoms with van der Waals surface area (Å²) in [5.41, 5.74) is -0.0766. The first-order chi connectivity index (χ1) is 14.4. The largest absolute Gasteiger partial charge is 0.496 e. The van der Waals surface area contributed by atoms with Gasteiger partial charge in [0.2, 0.25) is 0 Å². The number of anilines is 1. The van der Waals surface area contributed by atoms with Crippen LogP contribution in [0, 0.1) is 5.82 Å². The van der Waals surface area contributed by atoms with Gasteiger partial charge < -0.3 is 14.7 Å². The van der Waals surface area contributed by atoms with Crippen molar-refractivity contribution in [2.24, 2.45) is 0 Å². The summed E-state index contributed by atoms with van der Waals surface area (Å²) < 4.78 is 18.5. The lowest BCUT2D eigenvalue weighted by atomic mass is 9.88. The van der Waals surface area contributed by atoms with Crippen LogP contribution in [0.3, 0.4) is 0 Å². The van der Waals surface area contributed by atoms with Crippen LogP contribution in [-0.2, 0) is 16.9 Å². The van der Waals surface area contributed by atoms with Gasteiger partial charge in [0.25, 0.3) is 5.91 Å². The summed E-state index contributed by atoms with van der Waals surface area (Å²) in [6.45, 7) is 0.154. The molecule has 1 atom stereocenters. The number of halogens is 1. The molecule has 4 rings (SSSR count). The van der Waals surface area contributed by atoms with Crippen LogP contribution in [-0.4, -0.2) is 23.9 Å². The molecule has 0 unspecified atom stereocenters. The van der Waals surface area contributed by atoms with E-state index in [9.17, 15) is 19.1 Å². The van der Waals surface area contributed by atoms with Crippen molar-refractivity contribution in [2.45, 2.75) is 18.6 Å². The molecule has 1 aliphatic heterocycles. The van der Waals surface area contributed by atoms with E-state index in [-0.39, 0.29) is 12.4 Å². The zero-order valence-corrected chi connectivity index (χ0v) is 16.3. The average molecular weight is 405 g/mol. The normalized spacial score (nSPS) is 17.7. The Morgan fingerprint density at radius 2 is 1.70 bits per heavy atom. The summed E-state index contributed by atoms with van der Waals surface area (Å²) in [6.07, 6.45) is -0.414. The van der Waals surface area contributed by atoms with Crippen LogP contribution in [0.5, 0.6) is 5.75 Å². The number of hydrogen-bond acceptors (Lipinski definition) is 4. The van der Waals surface area contributed by atoms with Gasteiger partial charge in [-0.1, -0.05) is 42.5 Å². The van der Waals surface area contributed by atoms with Gasteiger partial charge in [-0.25, -0.2) is 4.39 Å². The topological polar surface area (TPSA) is 66.8 Å². The Morgan fingerprint density at radius 3 is 2.43 bits per heavy atom. The number of hydrogen-bond donors (Lipinski definition) is 1. The van der Waals surface area contributed by atoms with Crippen molar-refractivity contribution in [3.63, 3.8) is 0 Å². The summed E-state index contributed by atoms with van der Waals surface area (Å²) in [7, 11) is 1.46. The zero-order chi connectivity index (χ0) is 21.3. The predicted molar refractivity (Wildman–Crippen MR) is 110 cm³/mol. The van der Waals surface area contributed by atoms with Crippen molar-refractivity contribution in [1.82, 2.24) is 0 Å². The van der Waals surface area contributed by atoms with Gasteiger partial charge in [0.15, 0.2) is 11.4 Å². The highest BCUT2D eigenvalue weighted by molar-refractivity contribution is 6.11. The second kappa shape index (κ2) is 7.72. The first kappa shape index (κ1) is 19.8. The van der Waals surface area contributed by atoms with Crippen LogP contribution in [0.1, 0.15) is 27.9 Å². The van der Waals surface area contributed by atoms with Gasteiger partial charge in [-0.3, -0.25) is 9.59 Å². The molecule has 1 N–H and O–H groups in total. The number of nitrogens with zero attached hydrogens (tertiary/aromatic N) is 1. The summed E-state index contributed by atoms with van der Waals surface area (Å²) in [5, 5.41) is 11.4. The number of benzene rings is 3. The Bertz CT molecular complexity index is 1110. The van der Waals surface area contributed by atoms with E-state index in [0.29, 0.717) is 28.1 Å². The highest BCUT2D eigenvalue weighted by Crippen LogP contribution is 2.43. The van der Waals surface area contributed by atoms with Crippen molar-refractivity contribution < 1.29 is 23.8 Å². The van der Waals surface area contributed by atoms with E-state index >= 15 is 0 Å². The molecule has 0 aromatic heterocycles. The lowest BCUT2D eigenvalue weighted by Crippen LogP contribution is -2.41. The number of amides is 1. The van der Waals surface area contributed by atoms with Crippen molar-refractivity contribution in [2.75, 3.05) is 12.0 Å². The van der Waals surface area contributed by atoms with Crippen molar-refractivity contribution in [3.05, 3.63) is 95.3 Å². The van der Waals surface area contributed by atoms with Gasteiger partial charge in [0.1, 0.15) is 11.6 Å². The fourth-order valence-corrected chi connectivity index (χ4v) is 3.81. The van der Waals surface area contributed by atoms with E-state index < -0.39 is 23.7 Å². The number of carbonyl (C=O) groups excluding carboxylic acids is 2. The fourth-order valence-electron chi connectivity index (χ4n) is 3.81. The Kier molecular flexibility index (Phi) is 5.10. The molecular formula is C24H20FNO4. The molecule has 1 amide bonds. The molecule has 6 heteroatoms. The molecule has 0 radical (unpaired) electrons. The molecule has 1 heterocycles. The van der Waals surface area contributed by atoms with Gasteiger partial charge in [-0.15, -0.1) is 0 Å². The molecule has 1 aliphatic rings. The van der Waals surface area contributed by atoms with Crippen LogP contribution >= 0.6 is 0 Å². The van der Waals surface area contributed by atoms with E-state index in [0.717, 1.165) is 0 Å². The molecular weight excluding hydrogens is 385 g/mol. The summed E-state index contributed by atoms with van der Waals surface area (Å²) >= 11 is 0. The number of Topliss-reactive ketones (excluding diaryl/α,β-unsaturated/α-hetero) is 1. The SMILES string of the molecule is COc1ccccc1C(=O)C[C@]1(O)C(=O)N(Cc2ccc(F)cc2)c2ccccc21. The van der Waals surface area contributed by atoms with E-state index in [1.54, 1.807) is 60.7 Å². The predicted octanol–water partition coefficient (Wildman–Crippen LogP) is 3.84. The molecule has 3 aromatic carbocycles. The monoisotopic (exact) mass is 405 g/mol. The Hall–Kier alpha value is -3.51. The third-order valence-corrected chi connectivity index (χ3v) is 5.32. The highest BCUT2D eigenvalue weighted by Gasteiger charge is 2.50. The van der Waals surface area contributed by atoms with Crippen LogP contribution in [0.2, 0.25) is 0 Å². The standard InChI is InChI=1S/C24H20FNO4/c1-30-22-9-5-2-6-18(22)21(27)14-24(29)19-7-3-4-8-20(19)26(23(24)28)15-16-10-12-17(25)13-11-16/h2-13,29H,14-15H2,1H3/t24-/m1/s1. The minimum absolute atomic E-state index is 0.154. The molecule has 152 valence electrons. The quantitative estimate of drug-likeness (QED) is 0.633. The average Bonchev–Trinajstić information content (AvgIpc) is 2.97. The molecule has 0 aliphatic carbocycles. The van der Waals surface area contributed by atoms with Crippen LogP contribution < -0.4 is 9.64 Å². The number of aliphatic hydroxyl groups is 1. The zero-order valence-electron chi connectivity index (χ0n) is 16.3. The number of methoxy groups -OCH3 is 1. The Balaban J connectivity index is 1.68. The number of ether oxygens (including phenoxy) is 1. The van der Waals surface area contributed by atoms with Gasteiger partial charge in [0, 0.05) is 5.56 Å². The third-order valence-electron chi connectivity index (χ3n) is 5.32. The summed E-state index contributed by atoms with van der Waals surface area (Å²) in [5.74, 6) is -0.975. The lowest BCUT2D eigenvalue weighted by Gasteiger charge is -2.23. The third kappa shape index (κ3) is 3.35. The molecule has 0 spiro atoms. The Labute approximate surface area is 173 Å². The van der Waals surface area contributed by atoms with Crippen LogP contribution in [0.15, 0.2) is 72.8 Å². The molecule has 0 saturated carbocycles. The number of fused-ring (bicyclic) bond motifs is 1. The number of ketones is 1. The molecule has 0 fully saturated rings. The van der Waals surface area contributed by atoms with Crippen LogP contribution in [0.25, 0.3) is 0 Å². The van der Waals surface area contributed by atoms with E-state index in [2.05, 4.69) is 0 Å². The minimum Gasteiger partial charge on any atom is -0.496 e. The minimum atomic E-state index is -1.99. The smallest absolute Gasteiger partial charge is 0.264 e. The number of carbonyl (C=O) groups is 2. The van der Waals surface area contributed by atoms with Crippen LogP contribution in [0.4, 0.5) is 10.1 Å². The van der Waals surface area contributed by atoms with E-state index in [1.807, 2.05) is 0 Å². The molecule has 0 bridgehead atoms. The van der Waals surface area contributed by atoms with Crippen molar-refractivity contribution >= 4 is 17.4 Å².